The molecule has 1 aromatic rings. The molecule has 2 aliphatic rings. The first-order chi connectivity index (χ1) is 11.5. The number of ether oxygens (including phenoxy) is 1. The van der Waals surface area contributed by atoms with Crippen LogP contribution in [0.2, 0.25) is 5.02 Å². The van der Waals surface area contributed by atoms with Gasteiger partial charge in [-0.25, -0.2) is 0 Å². The number of amides is 2. The lowest BCUT2D eigenvalue weighted by atomic mass is 10.0. The molecule has 1 saturated carbocycles. The van der Waals surface area contributed by atoms with Gasteiger partial charge in [0.15, 0.2) is 6.10 Å². The summed E-state index contributed by atoms with van der Waals surface area (Å²) in [5, 5.41) is 3.68. The lowest BCUT2D eigenvalue weighted by Gasteiger charge is -2.33. The van der Waals surface area contributed by atoms with Crippen LogP contribution < -0.4 is 10.1 Å². The minimum atomic E-state index is -0.555. The zero-order chi connectivity index (χ0) is 17.1. The van der Waals surface area contributed by atoms with Gasteiger partial charge in [0.25, 0.3) is 5.91 Å². The van der Waals surface area contributed by atoms with E-state index in [2.05, 4.69) is 5.32 Å². The van der Waals surface area contributed by atoms with E-state index in [-0.39, 0.29) is 23.8 Å². The van der Waals surface area contributed by atoms with Crippen LogP contribution >= 0.6 is 11.6 Å². The summed E-state index contributed by atoms with van der Waals surface area (Å²) in [6, 6.07) is 7.23. The molecule has 1 saturated heterocycles. The van der Waals surface area contributed by atoms with Crippen LogP contribution in [0.15, 0.2) is 24.3 Å². The molecular formula is C18H23ClN2O3. The van der Waals surface area contributed by atoms with E-state index in [9.17, 15) is 9.59 Å². The Morgan fingerprint density at radius 2 is 1.96 bits per heavy atom. The number of halogens is 1. The van der Waals surface area contributed by atoms with Crippen molar-refractivity contribution in [1.29, 1.82) is 0 Å². The number of hydrogen-bond donors (Lipinski definition) is 1. The Balaban J connectivity index is 1.46. The number of rotatable bonds is 5. The summed E-state index contributed by atoms with van der Waals surface area (Å²) in [7, 11) is 0. The largest absolute Gasteiger partial charge is 0.481 e. The molecule has 3 rings (SSSR count). The van der Waals surface area contributed by atoms with E-state index in [1.165, 1.54) is 0 Å². The van der Waals surface area contributed by atoms with E-state index in [0.29, 0.717) is 23.9 Å². The van der Waals surface area contributed by atoms with Crippen LogP contribution in [0.5, 0.6) is 5.75 Å². The third-order valence-electron chi connectivity index (χ3n) is 4.56. The van der Waals surface area contributed by atoms with Crippen LogP contribution in [0.1, 0.15) is 32.6 Å². The number of nitrogens with one attached hydrogen (secondary N) is 1. The zero-order valence-corrected chi connectivity index (χ0v) is 14.6. The lowest BCUT2D eigenvalue weighted by Crippen LogP contribution is -2.49. The van der Waals surface area contributed by atoms with E-state index >= 15 is 0 Å². The second kappa shape index (κ2) is 7.43. The maximum atomic E-state index is 12.5. The predicted octanol–water partition coefficient (Wildman–Crippen LogP) is 2.62. The molecule has 1 N–H and O–H groups in total. The van der Waals surface area contributed by atoms with Crippen molar-refractivity contribution < 1.29 is 14.3 Å². The van der Waals surface area contributed by atoms with Crippen molar-refractivity contribution in [2.45, 2.75) is 44.8 Å². The van der Waals surface area contributed by atoms with Gasteiger partial charge in [-0.2, -0.15) is 0 Å². The Bertz CT molecular complexity index is 610. The third kappa shape index (κ3) is 4.41. The fourth-order valence-corrected chi connectivity index (χ4v) is 3.14. The number of likely N-dealkylation sites (tertiary alicyclic amines) is 1. The second-order valence-corrected chi connectivity index (χ2v) is 7.04. The van der Waals surface area contributed by atoms with Crippen molar-refractivity contribution in [3.05, 3.63) is 29.3 Å². The molecule has 1 aromatic carbocycles. The minimum Gasteiger partial charge on any atom is -0.481 e. The summed E-state index contributed by atoms with van der Waals surface area (Å²) >= 11 is 5.93. The molecule has 0 spiro atoms. The second-order valence-electron chi connectivity index (χ2n) is 6.60. The van der Waals surface area contributed by atoms with Gasteiger partial charge < -0.3 is 15.0 Å². The van der Waals surface area contributed by atoms with Crippen LogP contribution in [0, 0.1) is 5.92 Å². The Morgan fingerprint density at radius 1 is 1.25 bits per heavy atom. The number of nitrogens with zero attached hydrogens (tertiary/aromatic N) is 1. The topological polar surface area (TPSA) is 58.6 Å². The Labute approximate surface area is 147 Å². The highest BCUT2D eigenvalue weighted by atomic mass is 35.5. The number of carbonyl (C=O) groups is 2. The van der Waals surface area contributed by atoms with Crippen molar-refractivity contribution in [3.8, 4) is 5.75 Å². The van der Waals surface area contributed by atoms with Crippen LogP contribution in [-0.2, 0) is 9.59 Å². The molecule has 1 atom stereocenters. The van der Waals surface area contributed by atoms with E-state index in [0.717, 1.165) is 25.7 Å². The smallest absolute Gasteiger partial charge is 0.263 e. The molecule has 5 nitrogen and oxygen atoms in total. The van der Waals surface area contributed by atoms with Gasteiger partial charge in [-0.3, -0.25) is 9.59 Å². The first kappa shape index (κ1) is 17.1. The number of piperidine rings is 1. The van der Waals surface area contributed by atoms with Crippen molar-refractivity contribution >= 4 is 23.4 Å². The predicted molar refractivity (Wildman–Crippen MR) is 92.0 cm³/mol. The third-order valence-corrected chi connectivity index (χ3v) is 4.79. The standard InChI is InChI=1S/C18H23ClN2O3/c1-12(24-16-4-2-3-14(19)11-16)18(23)21-9-7-15(8-10-21)20-17(22)13-5-6-13/h2-4,11-13,15H,5-10H2,1H3,(H,20,22). The molecular weight excluding hydrogens is 328 g/mol. The SMILES string of the molecule is CC(Oc1cccc(Cl)c1)C(=O)N1CCC(NC(=O)C2CC2)CC1. The average molecular weight is 351 g/mol. The first-order valence-electron chi connectivity index (χ1n) is 8.54. The summed E-state index contributed by atoms with van der Waals surface area (Å²) in [5.41, 5.74) is 0. The van der Waals surface area contributed by atoms with Gasteiger partial charge in [0, 0.05) is 30.1 Å². The molecule has 1 aliphatic carbocycles. The quantitative estimate of drug-likeness (QED) is 0.888. The van der Waals surface area contributed by atoms with Gasteiger partial charge in [-0.05, 0) is 50.8 Å². The minimum absolute atomic E-state index is 0.0260. The van der Waals surface area contributed by atoms with E-state index in [4.69, 9.17) is 16.3 Å². The molecule has 6 heteroatoms. The van der Waals surface area contributed by atoms with Gasteiger partial charge in [0.05, 0.1) is 0 Å². The molecule has 0 radical (unpaired) electrons. The van der Waals surface area contributed by atoms with E-state index in [1.807, 2.05) is 4.90 Å². The average Bonchev–Trinajstić information content (AvgIpc) is 3.40. The monoisotopic (exact) mass is 350 g/mol. The zero-order valence-electron chi connectivity index (χ0n) is 13.8. The van der Waals surface area contributed by atoms with Crippen LogP contribution in [0.4, 0.5) is 0 Å². The van der Waals surface area contributed by atoms with Gasteiger partial charge in [0.2, 0.25) is 5.91 Å². The van der Waals surface area contributed by atoms with Crippen LogP contribution in [-0.4, -0.2) is 41.9 Å². The van der Waals surface area contributed by atoms with Crippen LogP contribution in [0.25, 0.3) is 0 Å². The van der Waals surface area contributed by atoms with Gasteiger partial charge in [-0.15, -0.1) is 0 Å². The summed E-state index contributed by atoms with van der Waals surface area (Å²) in [6.45, 7) is 3.06. The highest BCUT2D eigenvalue weighted by molar-refractivity contribution is 6.30. The van der Waals surface area contributed by atoms with Gasteiger partial charge >= 0.3 is 0 Å². The maximum Gasteiger partial charge on any atom is 0.263 e. The lowest BCUT2D eigenvalue weighted by molar-refractivity contribution is -0.139. The van der Waals surface area contributed by atoms with Crippen molar-refractivity contribution in [1.82, 2.24) is 10.2 Å². The highest BCUT2D eigenvalue weighted by Crippen LogP contribution is 2.29. The van der Waals surface area contributed by atoms with Crippen molar-refractivity contribution in [2.24, 2.45) is 5.92 Å². The fraction of sp³-hybridized carbons (Fsp3) is 0.556. The van der Waals surface area contributed by atoms with Gasteiger partial charge in [-0.1, -0.05) is 17.7 Å². The molecule has 24 heavy (non-hydrogen) atoms. The number of hydrogen-bond acceptors (Lipinski definition) is 3. The summed E-state index contributed by atoms with van der Waals surface area (Å²) < 4.78 is 5.70. The Kier molecular flexibility index (Phi) is 5.29. The fourth-order valence-electron chi connectivity index (χ4n) is 2.96. The van der Waals surface area contributed by atoms with Crippen LogP contribution in [0.3, 0.4) is 0 Å². The number of benzene rings is 1. The first-order valence-corrected chi connectivity index (χ1v) is 8.92. The molecule has 1 aliphatic heterocycles. The highest BCUT2D eigenvalue weighted by Gasteiger charge is 2.33. The normalized spacial score (nSPS) is 19.7. The molecule has 2 fully saturated rings. The summed E-state index contributed by atoms with van der Waals surface area (Å²) in [4.78, 5) is 26.1. The molecule has 1 unspecified atom stereocenters. The molecule has 0 bridgehead atoms. The Hall–Kier alpha value is -1.75. The van der Waals surface area contributed by atoms with Gasteiger partial charge in [0.1, 0.15) is 5.75 Å². The van der Waals surface area contributed by atoms with E-state index < -0.39 is 6.10 Å². The molecule has 130 valence electrons. The number of carbonyl (C=O) groups excluding carboxylic acids is 2. The molecule has 2 amide bonds. The Morgan fingerprint density at radius 3 is 2.58 bits per heavy atom. The summed E-state index contributed by atoms with van der Waals surface area (Å²) in [6.07, 6.45) is 3.08. The molecule has 0 aromatic heterocycles. The summed E-state index contributed by atoms with van der Waals surface area (Å²) in [5.74, 6) is 0.977. The molecule has 1 heterocycles. The van der Waals surface area contributed by atoms with E-state index in [1.54, 1.807) is 31.2 Å². The van der Waals surface area contributed by atoms with Crippen molar-refractivity contribution in [3.63, 3.8) is 0 Å². The van der Waals surface area contributed by atoms with Crippen molar-refractivity contribution in [2.75, 3.05) is 13.1 Å². The maximum absolute atomic E-state index is 12.5.